The maximum absolute atomic E-state index is 12.0. The van der Waals surface area contributed by atoms with Gasteiger partial charge >= 0.3 is 13.5 Å². The third kappa shape index (κ3) is 3.98. The van der Waals surface area contributed by atoms with Crippen molar-refractivity contribution in [2.24, 2.45) is 0 Å². The fourth-order valence-electron chi connectivity index (χ4n) is 2.51. The summed E-state index contributed by atoms with van der Waals surface area (Å²) in [5.74, 6) is 0.245. The Bertz CT molecular complexity index is 897. The van der Waals surface area contributed by atoms with Crippen molar-refractivity contribution in [3.8, 4) is 11.3 Å². The second kappa shape index (κ2) is 6.71. The Morgan fingerprint density at radius 2 is 2.16 bits per heavy atom. The zero-order chi connectivity index (χ0) is 18.2. The van der Waals surface area contributed by atoms with E-state index in [9.17, 15) is 19.3 Å². The monoisotopic (exact) mass is 374 g/mol. The number of H-pyrrole nitrogens is 1. The average Bonchev–Trinajstić information content (AvgIpc) is 3.14. The Labute approximate surface area is 139 Å². The lowest BCUT2D eigenvalue weighted by atomic mass is 10.2. The molecule has 1 aliphatic rings. The van der Waals surface area contributed by atoms with Crippen LogP contribution in [0.25, 0.3) is 11.3 Å². The van der Waals surface area contributed by atoms with E-state index in [0.717, 1.165) is 4.57 Å². The molecule has 25 heavy (non-hydrogen) atoms. The summed E-state index contributed by atoms with van der Waals surface area (Å²) < 4.78 is 26.7. The molecule has 3 heterocycles. The standard InChI is InChI=1S/C13H15N2O9P/c16-8-4-11(24-10(8)6-23-25(19,20)21)15-5-7(9-2-1-3-22-9)12(17)14-13(15)18/h1-3,5,8,10-11,16H,4,6H2,(H,14,17,18)(H2,19,20,21)/t8-,10+,11+/m0/s1. The minimum absolute atomic E-state index is 0.0290. The van der Waals surface area contributed by atoms with Crippen molar-refractivity contribution in [2.75, 3.05) is 6.61 Å². The average molecular weight is 374 g/mol. The summed E-state index contributed by atoms with van der Waals surface area (Å²) in [7, 11) is -4.71. The highest BCUT2D eigenvalue weighted by molar-refractivity contribution is 7.46. The van der Waals surface area contributed by atoms with E-state index in [2.05, 4.69) is 9.51 Å². The minimum atomic E-state index is -4.71. The first kappa shape index (κ1) is 17.8. The number of hydrogen-bond acceptors (Lipinski definition) is 7. The quantitative estimate of drug-likeness (QED) is 0.508. The molecule has 0 aromatic carbocycles. The number of phosphoric ester groups is 1. The smallest absolute Gasteiger partial charge is 0.464 e. The highest BCUT2D eigenvalue weighted by atomic mass is 31.2. The van der Waals surface area contributed by atoms with Crippen LogP contribution in [-0.4, -0.2) is 43.3 Å². The van der Waals surface area contributed by atoms with Crippen molar-refractivity contribution in [1.82, 2.24) is 9.55 Å². The van der Waals surface area contributed by atoms with Gasteiger partial charge in [0.2, 0.25) is 0 Å². The van der Waals surface area contributed by atoms with Gasteiger partial charge in [-0.05, 0) is 12.1 Å². The second-order valence-corrected chi connectivity index (χ2v) is 6.64. The highest BCUT2D eigenvalue weighted by Crippen LogP contribution is 2.38. The SMILES string of the molecule is O=c1[nH]c(=O)n([C@H]2C[C@H](O)[C@@H](COP(=O)(O)O)O2)cc1-c1ccco1. The van der Waals surface area contributed by atoms with Crippen molar-refractivity contribution in [3.05, 3.63) is 45.4 Å². The van der Waals surface area contributed by atoms with Crippen LogP contribution in [0.1, 0.15) is 12.6 Å². The van der Waals surface area contributed by atoms with Crippen LogP contribution in [0, 0.1) is 0 Å². The molecule has 0 saturated carbocycles. The molecule has 0 spiro atoms. The lowest BCUT2D eigenvalue weighted by molar-refractivity contribution is -0.0450. The van der Waals surface area contributed by atoms with Crippen molar-refractivity contribution < 1.29 is 33.1 Å². The van der Waals surface area contributed by atoms with Crippen molar-refractivity contribution in [3.63, 3.8) is 0 Å². The normalized spacial score (nSPS) is 23.9. The number of rotatable bonds is 5. The van der Waals surface area contributed by atoms with E-state index in [4.69, 9.17) is 18.9 Å². The number of phosphoric acid groups is 1. The van der Waals surface area contributed by atoms with E-state index in [1.165, 1.54) is 12.5 Å². The summed E-state index contributed by atoms with van der Waals surface area (Å²) in [5, 5.41) is 9.95. The molecule has 12 heteroatoms. The van der Waals surface area contributed by atoms with Crippen LogP contribution in [0.2, 0.25) is 0 Å². The predicted molar refractivity (Wildman–Crippen MR) is 81.6 cm³/mol. The Balaban J connectivity index is 1.85. The van der Waals surface area contributed by atoms with Gasteiger partial charge in [0.15, 0.2) is 0 Å². The van der Waals surface area contributed by atoms with E-state index < -0.39 is 44.1 Å². The predicted octanol–water partition coefficient (Wildman–Crippen LogP) is -0.446. The number of aliphatic hydroxyl groups excluding tert-OH is 1. The van der Waals surface area contributed by atoms with Gasteiger partial charge in [0.25, 0.3) is 5.56 Å². The van der Waals surface area contributed by atoms with Gasteiger partial charge in [0.1, 0.15) is 18.1 Å². The Kier molecular flexibility index (Phi) is 4.78. The van der Waals surface area contributed by atoms with Crippen LogP contribution in [0.5, 0.6) is 0 Å². The molecular formula is C13H15N2O9P. The number of ether oxygens (including phenoxy) is 1. The maximum atomic E-state index is 12.0. The van der Waals surface area contributed by atoms with Crippen LogP contribution in [0.3, 0.4) is 0 Å². The molecule has 11 nitrogen and oxygen atoms in total. The summed E-state index contributed by atoms with van der Waals surface area (Å²) in [6.45, 7) is -0.551. The van der Waals surface area contributed by atoms with Gasteiger partial charge in [-0.3, -0.25) is 18.9 Å². The molecule has 3 rings (SSSR count). The number of nitrogens with zero attached hydrogens (tertiary/aromatic N) is 1. The molecule has 2 aromatic heterocycles. The lowest BCUT2D eigenvalue weighted by Crippen LogP contribution is -2.33. The minimum Gasteiger partial charge on any atom is -0.464 e. The van der Waals surface area contributed by atoms with Crippen molar-refractivity contribution in [1.29, 1.82) is 0 Å². The summed E-state index contributed by atoms with van der Waals surface area (Å²) in [5.41, 5.74) is -1.30. The van der Waals surface area contributed by atoms with Gasteiger partial charge in [-0.1, -0.05) is 0 Å². The van der Waals surface area contributed by atoms with Gasteiger partial charge in [-0.25, -0.2) is 9.36 Å². The molecule has 0 bridgehead atoms. The van der Waals surface area contributed by atoms with Crippen LogP contribution in [0.4, 0.5) is 0 Å². The summed E-state index contributed by atoms with van der Waals surface area (Å²) in [6.07, 6.45) is -0.512. The van der Waals surface area contributed by atoms with Gasteiger partial charge < -0.3 is 24.0 Å². The molecular weight excluding hydrogens is 359 g/mol. The molecule has 3 atom stereocenters. The first-order valence-electron chi connectivity index (χ1n) is 7.17. The Hall–Kier alpha value is -2.01. The van der Waals surface area contributed by atoms with Crippen LogP contribution >= 0.6 is 7.82 Å². The van der Waals surface area contributed by atoms with Crippen LogP contribution in [0.15, 0.2) is 38.6 Å². The van der Waals surface area contributed by atoms with E-state index in [0.29, 0.717) is 0 Å². The fourth-order valence-corrected chi connectivity index (χ4v) is 2.85. The van der Waals surface area contributed by atoms with E-state index in [-0.39, 0.29) is 17.7 Å². The third-order valence-electron chi connectivity index (χ3n) is 3.68. The maximum Gasteiger partial charge on any atom is 0.469 e. The zero-order valence-corrected chi connectivity index (χ0v) is 13.5. The summed E-state index contributed by atoms with van der Waals surface area (Å²) >= 11 is 0. The number of aromatic amines is 1. The second-order valence-electron chi connectivity index (χ2n) is 5.41. The number of aromatic nitrogens is 2. The summed E-state index contributed by atoms with van der Waals surface area (Å²) in [6, 6.07) is 3.12. The number of furan rings is 1. The van der Waals surface area contributed by atoms with Crippen LogP contribution < -0.4 is 11.2 Å². The summed E-state index contributed by atoms with van der Waals surface area (Å²) in [4.78, 5) is 43.5. The molecule has 1 fully saturated rings. The zero-order valence-electron chi connectivity index (χ0n) is 12.6. The molecule has 1 aliphatic heterocycles. The van der Waals surface area contributed by atoms with Crippen LogP contribution in [-0.2, 0) is 13.8 Å². The van der Waals surface area contributed by atoms with Crippen molar-refractivity contribution in [2.45, 2.75) is 24.9 Å². The molecule has 0 amide bonds. The first-order chi connectivity index (χ1) is 11.7. The van der Waals surface area contributed by atoms with E-state index in [1.54, 1.807) is 12.1 Å². The number of hydrogen-bond donors (Lipinski definition) is 4. The largest absolute Gasteiger partial charge is 0.469 e. The topological polar surface area (TPSA) is 164 Å². The number of aliphatic hydroxyl groups is 1. The van der Waals surface area contributed by atoms with Gasteiger partial charge in [-0.15, -0.1) is 0 Å². The fraction of sp³-hybridized carbons (Fsp3) is 0.385. The Morgan fingerprint density at radius 1 is 1.40 bits per heavy atom. The van der Waals surface area contributed by atoms with Gasteiger partial charge in [0.05, 0.1) is 24.5 Å². The molecule has 1 saturated heterocycles. The lowest BCUT2D eigenvalue weighted by Gasteiger charge is -2.16. The molecule has 2 aromatic rings. The number of nitrogens with one attached hydrogen (secondary N) is 1. The Morgan fingerprint density at radius 3 is 2.80 bits per heavy atom. The van der Waals surface area contributed by atoms with Crippen molar-refractivity contribution >= 4 is 7.82 Å². The third-order valence-corrected chi connectivity index (χ3v) is 4.16. The molecule has 0 unspecified atom stereocenters. The first-order valence-corrected chi connectivity index (χ1v) is 8.70. The molecule has 4 N–H and O–H groups in total. The molecule has 0 aliphatic carbocycles. The molecule has 0 radical (unpaired) electrons. The van der Waals surface area contributed by atoms with Gasteiger partial charge in [-0.2, -0.15) is 0 Å². The van der Waals surface area contributed by atoms with E-state index in [1.807, 2.05) is 0 Å². The van der Waals surface area contributed by atoms with Gasteiger partial charge in [0, 0.05) is 12.6 Å². The highest BCUT2D eigenvalue weighted by Gasteiger charge is 2.37. The van der Waals surface area contributed by atoms with E-state index >= 15 is 0 Å². The molecule has 136 valence electrons.